The molecule has 6 nitrogen and oxygen atoms in total. The molecule has 18 heavy (non-hydrogen) atoms. The lowest BCUT2D eigenvalue weighted by Crippen LogP contribution is -2.48. The minimum atomic E-state index is -0.134. The van der Waals surface area contributed by atoms with Crippen molar-refractivity contribution < 1.29 is 9.90 Å². The summed E-state index contributed by atoms with van der Waals surface area (Å²) in [6.45, 7) is 1.52. The van der Waals surface area contributed by atoms with Crippen molar-refractivity contribution in [1.29, 1.82) is 0 Å². The molecule has 3 unspecified atom stereocenters. The van der Waals surface area contributed by atoms with Gasteiger partial charge in [0.25, 0.3) is 0 Å². The number of aliphatic hydroxyl groups excluding tert-OH is 1. The zero-order chi connectivity index (χ0) is 13.0. The van der Waals surface area contributed by atoms with Crippen LogP contribution in [0.1, 0.15) is 25.7 Å². The minimum Gasteiger partial charge on any atom is -0.395 e. The average molecular weight is 256 g/mol. The number of amides is 1. The monoisotopic (exact) mass is 256 g/mol. The highest BCUT2D eigenvalue weighted by atomic mass is 16.3. The summed E-state index contributed by atoms with van der Waals surface area (Å²) >= 11 is 0. The van der Waals surface area contributed by atoms with Gasteiger partial charge >= 0.3 is 0 Å². The number of hydrogen-bond acceptors (Lipinski definition) is 5. The van der Waals surface area contributed by atoms with Crippen LogP contribution in [0.25, 0.3) is 0 Å². The lowest BCUT2D eigenvalue weighted by molar-refractivity contribution is -0.124. The second-order valence-corrected chi connectivity index (χ2v) is 5.19. The van der Waals surface area contributed by atoms with Gasteiger partial charge in [0.15, 0.2) is 0 Å². The topological polar surface area (TPSA) is 76.6 Å². The van der Waals surface area contributed by atoms with E-state index in [1.54, 1.807) is 0 Å². The smallest absolute Gasteiger partial charge is 0.238 e. The van der Waals surface area contributed by atoms with Crippen molar-refractivity contribution in [3.8, 4) is 0 Å². The maximum atomic E-state index is 12.1. The first-order valence-corrected chi connectivity index (χ1v) is 6.82. The van der Waals surface area contributed by atoms with Crippen molar-refractivity contribution in [2.45, 2.75) is 43.8 Å². The van der Waals surface area contributed by atoms with Crippen LogP contribution in [0.5, 0.6) is 0 Å². The summed E-state index contributed by atoms with van der Waals surface area (Å²) in [5, 5.41) is 17.1. The van der Waals surface area contributed by atoms with Crippen LogP contribution in [-0.4, -0.2) is 60.9 Å². The van der Waals surface area contributed by atoms with E-state index in [0.29, 0.717) is 18.6 Å². The Morgan fingerprint density at radius 3 is 2.83 bits per heavy atom. The Labute approximate surface area is 108 Å². The summed E-state index contributed by atoms with van der Waals surface area (Å²) in [6, 6.07) is 0.714. The van der Waals surface area contributed by atoms with Crippen molar-refractivity contribution in [3.63, 3.8) is 0 Å². The van der Waals surface area contributed by atoms with Gasteiger partial charge in [-0.3, -0.25) is 4.79 Å². The highest BCUT2D eigenvalue weighted by Gasteiger charge is 2.30. The molecule has 1 saturated carbocycles. The van der Waals surface area contributed by atoms with E-state index >= 15 is 0 Å². The van der Waals surface area contributed by atoms with Crippen molar-refractivity contribution in [1.82, 2.24) is 21.1 Å². The van der Waals surface area contributed by atoms with Gasteiger partial charge in [0, 0.05) is 25.2 Å². The molecule has 1 aliphatic heterocycles. The second-order valence-electron chi connectivity index (χ2n) is 5.19. The van der Waals surface area contributed by atoms with Crippen molar-refractivity contribution in [3.05, 3.63) is 0 Å². The number of aliphatic hydroxyl groups is 1. The molecular weight excluding hydrogens is 232 g/mol. The van der Waals surface area contributed by atoms with Crippen LogP contribution in [0.2, 0.25) is 0 Å². The molecule has 104 valence electrons. The molecule has 0 spiro atoms. The molecule has 0 aromatic carbocycles. The molecule has 2 fully saturated rings. The number of carbonyl (C=O) groups excluding carboxylic acids is 1. The molecule has 0 aromatic heterocycles. The maximum absolute atomic E-state index is 12.1. The molecule has 1 saturated heterocycles. The van der Waals surface area contributed by atoms with Crippen LogP contribution in [-0.2, 0) is 4.79 Å². The summed E-state index contributed by atoms with van der Waals surface area (Å²) < 4.78 is 0. The van der Waals surface area contributed by atoms with Crippen LogP contribution in [0.3, 0.4) is 0 Å². The fourth-order valence-corrected chi connectivity index (χ4v) is 2.80. The van der Waals surface area contributed by atoms with E-state index in [1.807, 2.05) is 12.1 Å². The third kappa shape index (κ3) is 3.41. The van der Waals surface area contributed by atoms with Gasteiger partial charge in [-0.2, -0.15) is 0 Å². The number of rotatable bonds is 5. The number of carbonyl (C=O) groups is 1. The number of hydrazine groups is 1. The summed E-state index contributed by atoms with van der Waals surface area (Å²) in [7, 11) is 1.97. The highest BCUT2D eigenvalue weighted by molar-refractivity contribution is 5.82. The molecule has 0 aromatic rings. The molecule has 1 amide bonds. The molecule has 6 heteroatoms. The van der Waals surface area contributed by atoms with Crippen LogP contribution in [0.4, 0.5) is 0 Å². The van der Waals surface area contributed by atoms with Gasteiger partial charge in [-0.25, -0.2) is 10.4 Å². The maximum Gasteiger partial charge on any atom is 0.238 e. The molecule has 3 atom stereocenters. The molecule has 4 N–H and O–H groups in total. The molecule has 1 aliphatic carbocycles. The molecule has 2 rings (SSSR count). The van der Waals surface area contributed by atoms with Gasteiger partial charge in [0.05, 0.1) is 6.61 Å². The van der Waals surface area contributed by atoms with E-state index in [2.05, 4.69) is 16.1 Å². The van der Waals surface area contributed by atoms with Gasteiger partial charge in [-0.05, 0) is 32.7 Å². The van der Waals surface area contributed by atoms with Gasteiger partial charge < -0.3 is 15.7 Å². The van der Waals surface area contributed by atoms with E-state index in [4.69, 9.17) is 5.11 Å². The first-order valence-electron chi connectivity index (χ1n) is 6.82. The number of nitrogens with zero attached hydrogens (tertiary/aromatic N) is 1. The van der Waals surface area contributed by atoms with Gasteiger partial charge in [0.1, 0.15) is 6.04 Å². The second kappa shape index (κ2) is 6.47. The number of nitrogens with one attached hydrogen (secondary N) is 3. The van der Waals surface area contributed by atoms with E-state index in [1.165, 1.54) is 0 Å². The van der Waals surface area contributed by atoms with Crippen molar-refractivity contribution in [2.75, 3.05) is 26.7 Å². The van der Waals surface area contributed by atoms with Crippen LogP contribution in [0.15, 0.2) is 0 Å². The highest BCUT2D eigenvalue weighted by Crippen LogP contribution is 2.19. The Balaban J connectivity index is 1.72. The SMILES string of the molecule is CNC1CCC(NC(=O)C2CCN(CCO)N2)C1. The Morgan fingerprint density at radius 2 is 2.17 bits per heavy atom. The number of β-amino-alcohol motifs (C(OH)–C–C–N with tert-alkyl or cyclic N) is 1. The fourth-order valence-electron chi connectivity index (χ4n) is 2.80. The van der Waals surface area contributed by atoms with E-state index < -0.39 is 0 Å². The Kier molecular flexibility index (Phi) is 4.94. The standard InChI is InChI=1S/C12H24N4O2/c1-13-9-2-3-10(8-9)14-12(18)11-4-5-16(15-11)6-7-17/h9-11,13,15,17H,2-8H2,1H3,(H,14,18). The Hall–Kier alpha value is -0.690. The summed E-state index contributed by atoms with van der Waals surface area (Å²) in [4.78, 5) is 12.1. The van der Waals surface area contributed by atoms with E-state index in [9.17, 15) is 4.79 Å². The molecular formula is C12H24N4O2. The lowest BCUT2D eigenvalue weighted by Gasteiger charge is -2.19. The van der Waals surface area contributed by atoms with Crippen LogP contribution < -0.4 is 16.1 Å². The average Bonchev–Trinajstić information content (AvgIpc) is 2.98. The fraction of sp³-hybridized carbons (Fsp3) is 0.917. The van der Waals surface area contributed by atoms with Crippen LogP contribution in [0, 0.1) is 0 Å². The quantitative estimate of drug-likeness (QED) is 0.498. The van der Waals surface area contributed by atoms with Gasteiger partial charge in [-0.15, -0.1) is 0 Å². The van der Waals surface area contributed by atoms with Gasteiger partial charge in [0.2, 0.25) is 5.91 Å². The summed E-state index contributed by atoms with van der Waals surface area (Å²) in [5.41, 5.74) is 3.14. The zero-order valence-corrected chi connectivity index (χ0v) is 11.0. The molecule has 2 aliphatic rings. The van der Waals surface area contributed by atoms with Crippen molar-refractivity contribution >= 4 is 5.91 Å². The molecule has 0 radical (unpaired) electrons. The first-order chi connectivity index (χ1) is 8.72. The van der Waals surface area contributed by atoms with Gasteiger partial charge in [-0.1, -0.05) is 0 Å². The van der Waals surface area contributed by atoms with E-state index in [-0.39, 0.29) is 18.6 Å². The Bertz CT molecular complexity index is 287. The molecule has 0 bridgehead atoms. The third-order valence-electron chi connectivity index (χ3n) is 3.90. The summed E-state index contributed by atoms with van der Waals surface area (Å²) in [6.07, 6.45) is 4.03. The van der Waals surface area contributed by atoms with Crippen LogP contribution >= 0.6 is 0 Å². The third-order valence-corrected chi connectivity index (χ3v) is 3.90. The minimum absolute atomic E-state index is 0.0946. The van der Waals surface area contributed by atoms with Crippen molar-refractivity contribution in [2.24, 2.45) is 0 Å². The zero-order valence-electron chi connectivity index (χ0n) is 11.0. The first kappa shape index (κ1) is 13.7. The molecule has 1 heterocycles. The summed E-state index contributed by atoms with van der Waals surface area (Å²) in [5.74, 6) is 0.0946. The largest absolute Gasteiger partial charge is 0.395 e. The predicted molar refractivity (Wildman–Crippen MR) is 68.8 cm³/mol. The Morgan fingerprint density at radius 1 is 1.39 bits per heavy atom. The predicted octanol–water partition coefficient (Wildman–Crippen LogP) is -1.19. The normalized spacial score (nSPS) is 32.9. The number of hydrogen-bond donors (Lipinski definition) is 4. The van der Waals surface area contributed by atoms with E-state index in [0.717, 1.165) is 32.2 Å². The lowest BCUT2D eigenvalue weighted by atomic mass is 10.2.